The maximum absolute atomic E-state index is 14.4. The topological polar surface area (TPSA) is 159 Å². The van der Waals surface area contributed by atoms with E-state index in [9.17, 15) is 23.1 Å². The SMILES string of the molecule is COC(=O)Nc1cc(S(=O)(=O)N(CC(C)C)C[C@@H](OCOCC[Si](C)(C)C)[C@H](Cc2ccccc2)OC(=O)O)ccc1OCOCC[Si](C)(C)C. The first kappa shape index (κ1) is 44.2. The van der Waals surface area contributed by atoms with Crippen molar-refractivity contribution in [3.05, 3.63) is 54.1 Å². The summed E-state index contributed by atoms with van der Waals surface area (Å²) in [5.41, 5.74) is 0.856. The highest BCUT2D eigenvalue weighted by Gasteiger charge is 2.35. The number of rotatable bonds is 23. The monoisotopic (exact) mass is 770 g/mol. The normalized spacial score (nSPS) is 13.5. The fourth-order valence-electron chi connectivity index (χ4n) is 4.70. The molecule has 0 heterocycles. The van der Waals surface area contributed by atoms with Crippen molar-refractivity contribution in [3.8, 4) is 5.75 Å². The first-order valence-electron chi connectivity index (χ1n) is 17.1. The molecule has 2 rings (SSSR count). The van der Waals surface area contributed by atoms with Crippen LogP contribution in [0.1, 0.15) is 19.4 Å². The van der Waals surface area contributed by atoms with Crippen LogP contribution >= 0.6 is 0 Å². The maximum Gasteiger partial charge on any atom is 0.506 e. The average Bonchev–Trinajstić information content (AvgIpc) is 3.02. The number of amides is 1. The number of carbonyl (C=O) groups excluding carboxylic acids is 1. The molecule has 0 saturated carbocycles. The van der Waals surface area contributed by atoms with Crippen molar-refractivity contribution >= 4 is 44.1 Å². The van der Waals surface area contributed by atoms with Gasteiger partial charge in [0.15, 0.2) is 6.79 Å². The van der Waals surface area contributed by atoms with E-state index in [4.69, 9.17) is 28.4 Å². The van der Waals surface area contributed by atoms with Crippen molar-refractivity contribution in [1.29, 1.82) is 0 Å². The van der Waals surface area contributed by atoms with Crippen molar-refractivity contribution in [3.63, 3.8) is 0 Å². The van der Waals surface area contributed by atoms with E-state index in [2.05, 4.69) is 44.6 Å². The molecule has 2 N–H and O–H groups in total. The van der Waals surface area contributed by atoms with Gasteiger partial charge in [0.2, 0.25) is 10.0 Å². The van der Waals surface area contributed by atoms with Gasteiger partial charge in [-0.3, -0.25) is 5.32 Å². The molecule has 51 heavy (non-hydrogen) atoms. The Balaban J connectivity index is 2.46. The van der Waals surface area contributed by atoms with Gasteiger partial charge in [-0.25, -0.2) is 18.0 Å². The highest BCUT2D eigenvalue weighted by Crippen LogP contribution is 2.31. The third-order valence-electron chi connectivity index (χ3n) is 7.57. The fourth-order valence-corrected chi connectivity index (χ4v) is 7.86. The lowest BCUT2D eigenvalue weighted by atomic mass is 10.0. The number of carboxylic acid groups (broad SMARTS) is 1. The maximum atomic E-state index is 14.4. The second kappa shape index (κ2) is 20.9. The lowest BCUT2D eigenvalue weighted by Gasteiger charge is -2.32. The highest BCUT2D eigenvalue weighted by molar-refractivity contribution is 7.89. The summed E-state index contributed by atoms with van der Waals surface area (Å²) in [7, 11) is -5.79. The van der Waals surface area contributed by atoms with E-state index in [0.717, 1.165) is 17.7 Å². The zero-order valence-corrected chi connectivity index (χ0v) is 34.4. The van der Waals surface area contributed by atoms with E-state index in [1.165, 1.54) is 29.6 Å². The molecule has 0 aliphatic heterocycles. The van der Waals surface area contributed by atoms with Crippen LogP contribution in [0.2, 0.25) is 51.4 Å². The predicted molar refractivity (Wildman–Crippen MR) is 203 cm³/mol. The highest BCUT2D eigenvalue weighted by atomic mass is 32.2. The van der Waals surface area contributed by atoms with Crippen molar-refractivity contribution in [2.45, 2.75) is 88.7 Å². The second-order valence-corrected chi connectivity index (χ2v) is 28.3. The molecule has 0 aromatic heterocycles. The van der Waals surface area contributed by atoms with Gasteiger partial charge in [-0.15, -0.1) is 0 Å². The summed E-state index contributed by atoms with van der Waals surface area (Å²) in [5, 5.41) is 12.2. The van der Waals surface area contributed by atoms with Crippen LogP contribution in [-0.2, 0) is 40.1 Å². The first-order chi connectivity index (χ1) is 23.8. The van der Waals surface area contributed by atoms with Gasteiger partial charge in [0, 0.05) is 48.9 Å². The molecule has 0 fully saturated rings. The lowest BCUT2D eigenvalue weighted by molar-refractivity contribution is -0.129. The minimum absolute atomic E-state index is 0.0704. The molecule has 0 saturated heterocycles. The van der Waals surface area contributed by atoms with E-state index >= 15 is 0 Å². The zero-order valence-electron chi connectivity index (χ0n) is 31.6. The number of ether oxygens (including phenoxy) is 6. The Morgan fingerprint density at radius 1 is 0.863 bits per heavy atom. The number of hydrogen-bond acceptors (Lipinski definition) is 10. The van der Waals surface area contributed by atoms with Gasteiger partial charge in [0.05, 0.1) is 17.7 Å². The number of carbonyl (C=O) groups is 2. The third-order valence-corrected chi connectivity index (χ3v) is 12.8. The molecule has 13 nitrogen and oxygen atoms in total. The Kier molecular flexibility index (Phi) is 18.1. The molecule has 0 radical (unpaired) electrons. The summed E-state index contributed by atoms with van der Waals surface area (Å²) in [6.45, 7) is 17.6. The molecule has 0 spiro atoms. The van der Waals surface area contributed by atoms with Crippen LogP contribution in [0.15, 0.2) is 53.4 Å². The predicted octanol–water partition coefficient (Wildman–Crippen LogP) is 7.21. The molecule has 0 aliphatic carbocycles. The van der Waals surface area contributed by atoms with Crippen LogP contribution in [-0.4, -0.2) is 105 Å². The van der Waals surface area contributed by atoms with Gasteiger partial charge < -0.3 is 33.5 Å². The summed E-state index contributed by atoms with van der Waals surface area (Å²) in [6.07, 6.45) is -4.29. The van der Waals surface area contributed by atoms with E-state index < -0.39 is 50.6 Å². The van der Waals surface area contributed by atoms with Crippen LogP contribution in [0.3, 0.4) is 0 Å². The van der Waals surface area contributed by atoms with Crippen molar-refractivity contribution < 1.29 is 51.5 Å². The van der Waals surface area contributed by atoms with Gasteiger partial charge in [0.1, 0.15) is 24.8 Å². The Bertz CT molecular complexity index is 1470. The van der Waals surface area contributed by atoms with Crippen molar-refractivity contribution in [2.75, 3.05) is 52.3 Å². The fraction of sp³-hybridized carbons (Fsp3) is 0.600. The number of nitrogens with zero attached hydrogens (tertiary/aromatic N) is 1. The lowest BCUT2D eigenvalue weighted by Crippen LogP contribution is -2.47. The molecule has 0 bridgehead atoms. The smallest absolute Gasteiger partial charge is 0.465 e. The van der Waals surface area contributed by atoms with Gasteiger partial charge in [-0.05, 0) is 41.8 Å². The van der Waals surface area contributed by atoms with Gasteiger partial charge in [-0.2, -0.15) is 4.31 Å². The molecular formula is C35H58N2O11SSi2. The molecule has 2 atom stereocenters. The molecule has 2 aromatic rings. The third kappa shape index (κ3) is 17.4. The molecule has 2 aromatic carbocycles. The number of benzene rings is 2. The Labute approximate surface area is 306 Å². The Morgan fingerprint density at radius 3 is 2.02 bits per heavy atom. The summed E-state index contributed by atoms with van der Waals surface area (Å²) < 4.78 is 63.5. The van der Waals surface area contributed by atoms with Crippen LogP contribution in [0.25, 0.3) is 0 Å². The van der Waals surface area contributed by atoms with Crippen LogP contribution in [0.4, 0.5) is 15.3 Å². The molecular weight excluding hydrogens is 713 g/mol. The minimum atomic E-state index is -4.27. The molecule has 1 amide bonds. The number of nitrogens with one attached hydrogen (secondary N) is 1. The average molecular weight is 771 g/mol. The van der Waals surface area contributed by atoms with Crippen LogP contribution in [0, 0.1) is 5.92 Å². The Morgan fingerprint density at radius 2 is 1.47 bits per heavy atom. The van der Waals surface area contributed by atoms with Crippen molar-refractivity contribution in [1.82, 2.24) is 4.31 Å². The number of anilines is 1. The summed E-state index contributed by atoms with van der Waals surface area (Å²) in [5.74, 6) is 0.0715. The largest absolute Gasteiger partial charge is 0.506 e. The minimum Gasteiger partial charge on any atom is -0.465 e. The van der Waals surface area contributed by atoms with E-state index in [1.54, 1.807) is 0 Å². The summed E-state index contributed by atoms with van der Waals surface area (Å²) in [6, 6.07) is 15.1. The van der Waals surface area contributed by atoms with E-state index in [0.29, 0.717) is 13.2 Å². The number of hydrogen-bond donors (Lipinski definition) is 2. The quantitative estimate of drug-likeness (QED) is 0.0509. The zero-order chi connectivity index (χ0) is 38.2. The molecule has 0 unspecified atom stereocenters. The van der Waals surface area contributed by atoms with Gasteiger partial charge >= 0.3 is 12.2 Å². The number of methoxy groups -OCH3 is 1. The molecule has 16 heteroatoms. The Hall–Kier alpha value is -3.00. The van der Waals surface area contributed by atoms with Gasteiger partial charge in [-0.1, -0.05) is 83.5 Å². The second-order valence-electron chi connectivity index (χ2n) is 15.1. The first-order valence-corrected chi connectivity index (χ1v) is 26.0. The van der Waals surface area contributed by atoms with E-state index in [1.807, 2.05) is 44.2 Å². The van der Waals surface area contributed by atoms with Crippen molar-refractivity contribution in [2.24, 2.45) is 5.92 Å². The van der Waals surface area contributed by atoms with E-state index in [-0.39, 0.29) is 55.3 Å². The number of sulfonamides is 1. The van der Waals surface area contributed by atoms with Crippen LogP contribution < -0.4 is 10.1 Å². The summed E-state index contributed by atoms with van der Waals surface area (Å²) in [4.78, 5) is 24.0. The molecule has 0 aliphatic rings. The molecule has 288 valence electrons. The van der Waals surface area contributed by atoms with Crippen LogP contribution in [0.5, 0.6) is 5.75 Å². The summed E-state index contributed by atoms with van der Waals surface area (Å²) >= 11 is 0. The van der Waals surface area contributed by atoms with Gasteiger partial charge in [0.25, 0.3) is 0 Å². The standard InChI is InChI=1S/C35H58N2O11SSi2/c1-27(2)23-37(24-33(47-26-45-18-20-51(7,8)9)32(48-35(39)40)21-28-13-11-10-12-14-28)49(41,42)29-15-16-31(30(22-29)36-34(38)43-3)46-25-44-17-19-50(4,5)6/h10-16,22,27,32-33H,17-21,23-26H2,1-9H3,(H,36,38)(H,39,40)/t32-,33+/m0/s1.